The summed E-state index contributed by atoms with van der Waals surface area (Å²) in [6, 6.07) is 1.90. The molecular weight excluding hydrogens is 450 g/mol. The number of ether oxygens (including phenoxy) is 1. The first-order chi connectivity index (χ1) is 15.4. The van der Waals surface area contributed by atoms with Gasteiger partial charge in [0.2, 0.25) is 11.8 Å². The number of carbonyl (C=O) groups is 2. The fourth-order valence-electron chi connectivity index (χ4n) is 4.24. The van der Waals surface area contributed by atoms with Gasteiger partial charge in [-0.3, -0.25) is 14.5 Å². The van der Waals surface area contributed by atoms with Crippen LogP contribution in [0, 0.1) is 5.92 Å². The number of nitrogens with zero attached hydrogens (tertiary/aromatic N) is 5. The summed E-state index contributed by atoms with van der Waals surface area (Å²) in [6.07, 6.45) is 4.11. The molecule has 1 fully saturated rings. The van der Waals surface area contributed by atoms with Crippen LogP contribution in [0.15, 0.2) is 12.3 Å². The number of hydrogen-bond donors (Lipinski definition) is 0. The maximum atomic E-state index is 13.3. The summed E-state index contributed by atoms with van der Waals surface area (Å²) in [7, 11) is 1.58. The van der Waals surface area contributed by atoms with Crippen molar-refractivity contribution in [3.8, 4) is 5.75 Å². The highest BCUT2D eigenvalue weighted by Gasteiger charge is 2.34. The van der Waals surface area contributed by atoms with Crippen molar-refractivity contribution in [2.75, 3.05) is 43.1 Å². The van der Waals surface area contributed by atoms with Crippen LogP contribution in [0.1, 0.15) is 37.3 Å². The van der Waals surface area contributed by atoms with E-state index in [1.54, 1.807) is 36.5 Å². The van der Waals surface area contributed by atoms with Gasteiger partial charge < -0.3 is 14.5 Å². The molecule has 172 valence electrons. The number of fused-ring (bicyclic) bond motifs is 1. The monoisotopic (exact) mass is 477 g/mol. The van der Waals surface area contributed by atoms with Crippen LogP contribution < -0.4 is 14.5 Å². The van der Waals surface area contributed by atoms with Gasteiger partial charge in [0.05, 0.1) is 37.2 Å². The number of thiazole rings is 1. The Labute approximate surface area is 197 Å². The van der Waals surface area contributed by atoms with E-state index in [9.17, 15) is 9.59 Å². The summed E-state index contributed by atoms with van der Waals surface area (Å²) >= 11 is 7.66. The average Bonchev–Trinajstić information content (AvgIpc) is 3.44. The minimum Gasteiger partial charge on any atom is -0.493 e. The molecule has 2 amide bonds. The van der Waals surface area contributed by atoms with Crippen molar-refractivity contribution in [2.45, 2.75) is 39.7 Å². The van der Waals surface area contributed by atoms with Crippen molar-refractivity contribution in [2.24, 2.45) is 5.92 Å². The number of halogens is 1. The normalized spacial score (nSPS) is 17.9. The van der Waals surface area contributed by atoms with Crippen LogP contribution in [0.3, 0.4) is 0 Å². The van der Waals surface area contributed by atoms with E-state index in [4.69, 9.17) is 21.3 Å². The summed E-state index contributed by atoms with van der Waals surface area (Å²) < 4.78 is 5.31. The molecule has 4 rings (SSSR count). The van der Waals surface area contributed by atoms with Crippen molar-refractivity contribution in [1.29, 1.82) is 0 Å². The lowest BCUT2D eigenvalue weighted by molar-refractivity contribution is -0.128. The van der Waals surface area contributed by atoms with Gasteiger partial charge in [-0.05, 0) is 12.8 Å². The predicted octanol–water partition coefficient (Wildman–Crippen LogP) is 3.37. The van der Waals surface area contributed by atoms with Crippen LogP contribution >= 0.6 is 22.9 Å². The molecular formula is C22H28ClN5O3S. The number of anilines is 2. The van der Waals surface area contributed by atoms with Crippen LogP contribution in [0.25, 0.3) is 0 Å². The first kappa shape index (κ1) is 22.8. The molecule has 1 saturated heterocycles. The van der Waals surface area contributed by atoms with Crippen molar-refractivity contribution >= 4 is 45.6 Å². The number of likely N-dealkylation sites (tertiary alicyclic amines) is 1. The molecule has 2 aromatic heterocycles. The predicted molar refractivity (Wildman–Crippen MR) is 126 cm³/mol. The molecule has 4 heterocycles. The van der Waals surface area contributed by atoms with Crippen molar-refractivity contribution in [3.63, 3.8) is 0 Å². The Morgan fingerprint density at radius 2 is 2.19 bits per heavy atom. The molecule has 32 heavy (non-hydrogen) atoms. The quantitative estimate of drug-likeness (QED) is 0.593. The highest BCUT2D eigenvalue weighted by molar-refractivity contribution is 7.16. The maximum Gasteiger partial charge on any atom is 0.233 e. The largest absolute Gasteiger partial charge is 0.493 e. The van der Waals surface area contributed by atoms with E-state index in [1.807, 2.05) is 11.0 Å². The first-order valence-corrected chi connectivity index (χ1v) is 12.1. The van der Waals surface area contributed by atoms with E-state index < -0.39 is 0 Å². The fraction of sp³-hybridized carbons (Fsp3) is 0.545. The van der Waals surface area contributed by atoms with Gasteiger partial charge in [-0.25, -0.2) is 9.97 Å². The summed E-state index contributed by atoms with van der Waals surface area (Å²) in [5, 5.41) is 1.11. The first-order valence-electron chi connectivity index (χ1n) is 10.9. The Morgan fingerprint density at radius 1 is 1.38 bits per heavy atom. The van der Waals surface area contributed by atoms with Gasteiger partial charge in [-0.1, -0.05) is 29.9 Å². The number of amides is 2. The molecule has 1 atom stereocenters. The second kappa shape index (κ2) is 9.62. The molecule has 0 radical (unpaired) electrons. The summed E-state index contributed by atoms with van der Waals surface area (Å²) in [5.41, 5.74) is 2.00. The SMILES string of the molecule is CCCN(C(=O)C1CCN(C(C)=O)C1)c1nc2c(s1)CN(c1cnc(Cl)c(OC)c1)CC2. The smallest absolute Gasteiger partial charge is 0.233 e. The molecule has 0 aliphatic carbocycles. The van der Waals surface area contributed by atoms with Gasteiger partial charge in [0, 0.05) is 50.5 Å². The number of rotatable bonds is 6. The van der Waals surface area contributed by atoms with E-state index in [-0.39, 0.29) is 17.7 Å². The zero-order chi connectivity index (χ0) is 22.8. The molecule has 0 saturated carbocycles. The van der Waals surface area contributed by atoms with Gasteiger partial charge in [-0.15, -0.1) is 0 Å². The number of methoxy groups -OCH3 is 1. The summed E-state index contributed by atoms with van der Waals surface area (Å²) in [5.74, 6) is 0.497. The second-order valence-electron chi connectivity index (χ2n) is 8.16. The molecule has 0 spiro atoms. The minimum atomic E-state index is -0.157. The second-order valence-corrected chi connectivity index (χ2v) is 9.59. The molecule has 0 aromatic carbocycles. The van der Waals surface area contributed by atoms with Gasteiger partial charge in [0.25, 0.3) is 0 Å². The Bertz CT molecular complexity index is 1010. The van der Waals surface area contributed by atoms with Crippen LogP contribution in [-0.2, 0) is 22.6 Å². The molecule has 2 aromatic rings. The lowest BCUT2D eigenvalue weighted by atomic mass is 10.1. The summed E-state index contributed by atoms with van der Waals surface area (Å²) in [4.78, 5) is 41.0. The molecule has 0 N–H and O–H groups in total. The maximum absolute atomic E-state index is 13.3. The van der Waals surface area contributed by atoms with Gasteiger partial charge in [-0.2, -0.15) is 0 Å². The zero-order valence-electron chi connectivity index (χ0n) is 18.6. The molecule has 2 aliphatic rings. The third-order valence-electron chi connectivity index (χ3n) is 6.02. The molecule has 8 nitrogen and oxygen atoms in total. The van der Waals surface area contributed by atoms with Crippen LogP contribution in [0.5, 0.6) is 5.75 Å². The number of hydrogen-bond acceptors (Lipinski definition) is 7. The molecule has 1 unspecified atom stereocenters. The van der Waals surface area contributed by atoms with Gasteiger partial charge in [0.15, 0.2) is 16.0 Å². The third-order valence-corrected chi connectivity index (χ3v) is 7.41. The van der Waals surface area contributed by atoms with Crippen LogP contribution in [-0.4, -0.2) is 60.0 Å². The standard InChI is InChI=1S/C22H28ClN5O3S/c1-4-7-28(21(30)15-5-8-26(12-15)14(2)29)22-25-17-6-9-27(13-19(17)32-22)16-10-18(31-3)20(23)24-11-16/h10-11,15H,4-9,12-13H2,1-3H3. The highest BCUT2D eigenvalue weighted by Crippen LogP contribution is 2.35. The fourth-order valence-corrected chi connectivity index (χ4v) is 5.58. The van der Waals surface area contributed by atoms with E-state index in [0.717, 1.165) is 40.8 Å². The van der Waals surface area contributed by atoms with Gasteiger partial charge >= 0.3 is 0 Å². The lowest BCUT2D eigenvalue weighted by Crippen LogP contribution is -2.38. The Balaban J connectivity index is 1.52. The van der Waals surface area contributed by atoms with Crippen molar-refractivity contribution in [1.82, 2.24) is 14.9 Å². The van der Waals surface area contributed by atoms with E-state index >= 15 is 0 Å². The Kier molecular flexibility index (Phi) is 6.85. The Morgan fingerprint density at radius 3 is 2.88 bits per heavy atom. The van der Waals surface area contributed by atoms with Crippen LogP contribution in [0.2, 0.25) is 5.15 Å². The summed E-state index contributed by atoms with van der Waals surface area (Å²) in [6.45, 7) is 6.90. The molecule has 0 bridgehead atoms. The van der Waals surface area contributed by atoms with E-state index in [0.29, 0.717) is 43.5 Å². The highest BCUT2D eigenvalue weighted by atomic mass is 35.5. The van der Waals surface area contributed by atoms with Crippen LogP contribution in [0.4, 0.5) is 10.8 Å². The van der Waals surface area contributed by atoms with Gasteiger partial charge in [0.1, 0.15) is 0 Å². The number of carbonyl (C=O) groups excluding carboxylic acids is 2. The third kappa shape index (κ3) is 4.54. The number of aromatic nitrogens is 2. The van der Waals surface area contributed by atoms with Crippen molar-refractivity contribution < 1.29 is 14.3 Å². The average molecular weight is 478 g/mol. The van der Waals surface area contributed by atoms with E-state index in [1.165, 1.54) is 0 Å². The van der Waals surface area contributed by atoms with E-state index in [2.05, 4.69) is 16.8 Å². The minimum absolute atomic E-state index is 0.0282. The zero-order valence-corrected chi connectivity index (χ0v) is 20.2. The number of pyridine rings is 1. The molecule has 2 aliphatic heterocycles. The lowest BCUT2D eigenvalue weighted by Gasteiger charge is -2.28. The topological polar surface area (TPSA) is 78.9 Å². The Hall–Kier alpha value is -2.39. The molecule has 10 heteroatoms. The van der Waals surface area contributed by atoms with Crippen molar-refractivity contribution in [3.05, 3.63) is 28.0 Å².